The normalized spacial score (nSPS) is 14.2. The molecule has 2 nitrogen and oxygen atoms in total. The third-order valence-corrected chi connectivity index (χ3v) is 4.50. The van der Waals surface area contributed by atoms with E-state index < -0.39 is 0 Å². The Balaban J connectivity index is 2.26. The maximum Gasteiger partial charge on any atom is 0.148 e. The fourth-order valence-electron chi connectivity index (χ4n) is 2.05. The second-order valence-electron chi connectivity index (χ2n) is 4.86. The molecule has 0 spiro atoms. The first-order valence-corrected chi connectivity index (χ1v) is 7.82. The fraction of sp³-hybridized carbons (Fsp3) is 0.333. The van der Waals surface area contributed by atoms with E-state index in [2.05, 4.69) is 41.9 Å². The molecule has 2 unspecified atom stereocenters. The van der Waals surface area contributed by atoms with Crippen molar-refractivity contribution in [1.29, 1.82) is 0 Å². The van der Waals surface area contributed by atoms with E-state index in [1.165, 1.54) is 11.1 Å². The molecule has 1 heterocycles. The first-order chi connectivity index (χ1) is 8.95. The SMILES string of the molecule is Cc1cc(C)cc(OC(c2ccc(Br)s2)C(C)N)c1. The van der Waals surface area contributed by atoms with Crippen molar-refractivity contribution in [3.05, 3.63) is 50.1 Å². The van der Waals surface area contributed by atoms with E-state index in [1.54, 1.807) is 11.3 Å². The summed E-state index contributed by atoms with van der Waals surface area (Å²) >= 11 is 5.14. The molecule has 0 bridgehead atoms. The van der Waals surface area contributed by atoms with Gasteiger partial charge in [0.2, 0.25) is 0 Å². The lowest BCUT2D eigenvalue weighted by molar-refractivity contribution is 0.184. The molecule has 2 rings (SSSR count). The van der Waals surface area contributed by atoms with Crippen LogP contribution in [0.3, 0.4) is 0 Å². The van der Waals surface area contributed by atoms with Gasteiger partial charge in [-0.1, -0.05) is 6.07 Å². The van der Waals surface area contributed by atoms with E-state index >= 15 is 0 Å². The Hall–Kier alpha value is -0.840. The lowest BCUT2D eigenvalue weighted by Crippen LogP contribution is -2.28. The van der Waals surface area contributed by atoms with Crippen LogP contribution < -0.4 is 10.5 Å². The molecule has 2 aromatic rings. The number of hydrogen-bond acceptors (Lipinski definition) is 3. The third kappa shape index (κ3) is 3.81. The van der Waals surface area contributed by atoms with Crippen LogP contribution in [0.25, 0.3) is 0 Å². The molecule has 0 aliphatic rings. The number of halogens is 1. The van der Waals surface area contributed by atoms with Crippen LogP contribution in [0.15, 0.2) is 34.1 Å². The molecule has 2 N–H and O–H groups in total. The monoisotopic (exact) mass is 339 g/mol. The highest BCUT2D eigenvalue weighted by Crippen LogP contribution is 2.32. The van der Waals surface area contributed by atoms with Crippen molar-refractivity contribution < 1.29 is 4.74 Å². The number of nitrogens with two attached hydrogens (primary N) is 1. The van der Waals surface area contributed by atoms with Crippen LogP contribution >= 0.6 is 27.3 Å². The van der Waals surface area contributed by atoms with Crippen LogP contribution in [0.4, 0.5) is 0 Å². The summed E-state index contributed by atoms with van der Waals surface area (Å²) in [6, 6.07) is 10.3. The third-order valence-electron chi connectivity index (χ3n) is 2.81. The van der Waals surface area contributed by atoms with Gasteiger partial charge in [-0.2, -0.15) is 0 Å². The van der Waals surface area contributed by atoms with Gasteiger partial charge in [0.15, 0.2) is 0 Å². The Labute approximate surface area is 126 Å². The van der Waals surface area contributed by atoms with Crippen molar-refractivity contribution in [2.24, 2.45) is 5.73 Å². The molecule has 19 heavy (non-hydrogen) atoms. The second-order valence-corrected chi connectivity index (χ2v) is 7.36. The molecule has 0 aliphatic heterocycles. The fourth-order valence-corrected chi connectivity index (χ4v) is 3.62. The van der Waals surface area contributed by atoms with Crippen molar-refractivity contribution in [2.45, 2.75) is 32.9 Å². The van der Waals surface area contributed by atoms with E-state index in [-0.39, 0.29) is 12.1 Å². The topological polar surface area (TPSA) is 35.2 Å². The molecule has 102 valence electrons. The minimum absolute atomic E-state index is 0.0635. The summed E-state index contributed by atoms with van der Waals surface area (Å²) in [5, 5.41) is 0. The Bertz CT molecular complexity index is 545. The summed E-state index contributed by atoms with van der Waals surface area (Å²) in [7, 11) is 0. The van der Waals surface area contributed by atoms with Crippen molar-refractivity contribution in [2.75, 3.05) is 0 Å². The first kappa shape index (κ1) is 14.6. The molecule has 0 fully saturated rings. The van der Waals surface area contributed by atoms with Crippen LogP contribution in [0.5, 0.6) is 5.75 Å². The Morgan fingerprint density at radius 2 is 1.79 bits per heavy atom. The highest BCUT2D eigenvalue weighted by Gasteiger charge is 2.20. The lowest BCUT2D eigenvalue weighted by Gasteiger charge is -2.22. The minimum Gasteiger partial charge on any atom is -0.483 e. The van der Waals surface area contributed by atoms with E-state index in [0.29, 0.717) is 0 Å². The van der Waals surface area contributed by atoms with Gasteiger partial charge in [-0.3, -0.25) is 0 Å². The summed E-state index contributed by atoms with van der Waals surface area (Å²) in [6.45, 7) is 6.12. The Kier molecular flexibility index (Phi) is 4.66. The maximum atomic E-state index is 6.10. The quantitative estimate of drug-likeness (QED) is 0.883. The van der Waals surface area contributed by atoms with Gasteiger partial charge < -0.3 is 10.5 Å². The molecule has 4 heteroatoms. The van der Waals surface area contributed by atoms with Gasteiger partial charge in [-0.05, 0) is 72.1 Å². The average Bonchev–Trinajstić information content (AvgIpc) is 2.70. The van der Waals surface area contributed by atoms with Crippen molar-refractivity contribution >= 4 is 27.3 Å². The molecule has 0 saturated carbocycles. The van der Waals surface area contributed by atoms with Crippen LogP contribution in [0.2, 0.25) is 0 Å². The molecule has 2 atom stereocenters. The van der Waals surface area contributed by atoms with Crippen LogP contribution in [-0.4, -0.2) is 6.04 Å². The van der Waals surface area contributed by atoms with Gasteiger partial charge in [-0.25, -0.2) is 0 Å². The summed E-state index contributed by atoms with van der Waals surface area (Å²) in [5.41, 5.74) is 8.47. The predicted molar refractivity (Wildman–Crippen MR) is 85.0 cm³/mol. The molecular weight excluding hydrogens is 322 g/mol. The van der Waals surface area contributed by atoms with Crippen LogP contribution in [-0.2, 0) is 0 Å². The summed E-state index contributed by atoms with van der Waals surface area (Å²) in [6.07, 6.45) is -0.113. The van der Waals surface area contributed by atoms with E-state index in [1.807, 2.05) is 25.1 Å². The number of aryl methyl sites for hydroxylation is 2. The zero-order valence-electron chi connectivity index (χ0n) is 11.3. The molecule has 1 aromatic heterocycles. The predicted octanol–water partition coefficient (Wildman–Crippen LogP) is 4.59. The summed E-state index contributed by atoms with van der Waals surface area (Å²) < 4.78 is 7.20. The van der Waals surface area contributed by atoms with Crippen LogP contribution in [0, 0.1) is 13.8 Å². The molecule has 0 aliphatic carbocycles. The highest BCUT2D eigenvalue weighted by atomic mass is 79.9. The summed E-state index contributed by atoms with van der Waals surface area (Å²) in [5.74, 6) is 0.879. The lowest BCUT2D eigenvalue weighted by atomic mass is 10.1. The van der Waals surface area contributed by atoms with Crippen molar-refractivity contribution in [1.82, 2.24) is 0 Å². The zero-order chi connectivity index (χ0) is 14.0. The number of hydrogen-bond donors (Lipinski definition) is 1. The van der Waals surface area contributed by atoms with Gasteiger partial charge >= 0.3 is 0 Å². The largest absolute Gasteiger partial charge is 0.483 e. The average molecular weight is 340 g/mol. The van der Waals surface area contributed by atoms with Gasteiger partial charge in [-0.15, -0.1) is 11.3 Å². The van der Waals surface area contributed by atoms with Crippen LogP contribution in [0.1, 0.15) is 29.0 Å². The Morgan fingerprint density at radius 3 is 2.26 bits per heavy atom. The Morgan fingerprint density at radius 1 is 1.16 bits per heavy atom. The maximum absolute atomic E-state index is 6.10. The molecular formula is C15H18BrNOS. The molecule has 1 aromatic carbocycles. The smallest absolute Gasteiger partial charge is 0.148 e. The number of benzene rings is 1. The second kappa shape index (κ2) is 6.07. The molecule has 0 amide bonds. The standard InChI is InChI=1S/C15H18BrNOS/c1-9-6-10(2)8-12(7-9)18-15(11(3)17)13-4-5-14(16)19-13/h4-8,11,15H,17H2,1-3H3. The van der Waals surface area contributed by atoms with Gasteiger partial charge in [0.05, 0.1) is 3.79 Å². The van der Waals surface area contributed by atoms with E-state index in [9.17, 15) is 0 Å². The van der Waals surface area contributed by atoms with Crippen molar-refractivity contribution in [3.8, 4) is 5.75 Å². The zero-order valence-corrected chi connectivity index (χ0v) is 13.7. The van der Waals surface area contributed by atoms with Crippen molar-refractivity contribution in [3.63, 3.8) is 0 Å². The minimum atomic E-state index is -0.113. The van der Waals surface area contributed by atoms with Gasteiger partial charge in [0, 0.05) is 10.9 Å². The number of ether oxygens (including phenoxy) is 1. The number of thiophene rings is 1. The van der Waals surface area contributed by atoms with Gasteiger partial charge in [0.1, 0.15) is 11.9 Å². The molecule has 0 saturated heterocycles. The first-order valence-electron chi connectivity index (χ1n) is 6.21. The van der Waals surface area contributed by atoms with Gasteiger partial charge in [0.25, 0.3) is 0 Å². The van der Waals surface area contributed by atoms with E-state index in [0.717, 1.165) is 14.4 Å². The number of rotatable bonds is 4. The molecule has 0 radical (unpaired) electrons. The van der Waals surface area contributed by atoms with E-state index in [4.69, 9.17) is 10.5 Å². The highest BCUT2D eigenvalue weighted by molar-refractivity contribution is 9.11. The summed E-state index contributed by atoms with van der Waals surface area (Å²) in [4.78, 5) is 1.14.